The standard InChI is InChI=1S/C27H25N/c1-28(20-24-16-8-10-18-26(24)22-12-4-2-5-13-22)21-25-17-9-11-19-27(25)23-14-6-3-7-15-23/h2-19H,20-21H2,1H3. The summed E-state index contributed by atoms with van der Waals surface area (Å²) in [7, 11) is 2.20. The zero-order valence-corrected chi connectivity index (χ0v) is 16.3. The molecule has 138 valence electrons. The molecule has 0 aromatic heterocycles. The molecule has 0 atom stereocenters. The van der Waals surface area contributed by atoms with Crippen LogP contribution in [0.15, 0.2) is 109 Å². The van der Waals surface area contributed by atoms with Crippen LogP contribution in [-0.4, -0.2) is 11.9 Å². The highest BCUT2D eigenvalue weighted by molar-refractivity contribution is 5.68. The monoisotopic (exact) mass is 363 g/mol. The first-order chi connectivity index (χ1) is 13.8. The van der Waals surface area contributed by atoms with Crippen LogP contribution >= 0.6 is 0 Å². The maximum atomic E-state index is 2.39. The zero-order chi connectivity index (χ0) is 19.2. The van der Waals surface area contributed by atoms with Crippen LogP contribution in [0.1, 0.15) is 11.1 Å². The lowest BCUT2D eigenvalue weighted by molar-refractivity contribution is 0.320. The molecule has 0 amide bonds. The molecule has 0 bridgehead atoms. The second-order valence-electron chi connectivity index (χ2n) is 7.22. The van der Waals surface area contributed by atoms with Crippen LogP contribution in [0.4, 0.5) is 0 Å². The Morgan fingerprint density at radius 1 is 0.464 bits per heavy atom. The normalized spacial score (nSPS) is 10.9. The minimum atomic E-state index is 0.911. The maximum absolute atomic E-state index is 2.39. The molecule has 4 aromatic rings. The minimum Gasteiger partial charge on any atom is -0.298 e. The molecule has 0 saturated heterocycles. The summed E-state index contributed by atoms with van der Waals surface area (Å²) in [5, 5.41) is 0. The van der Waals surface area contributed by atoms with Crippen molar-refractivity contribution >= 4 is 0 Å². The van der Waals surface area contributed by atoms with Crippen molar-refractivity contribution in [3.63, 3.8) is 0 Å². The van der Waals surface area contributed by atoms with E-state index in [2.05, 4.69) is 121 Å². The number of benzene rings is 4. The van der Waals surface area contributed by atoms with Crippen LogP contribution in [0.25, 0.3) is 22.3 Å². The topological polar surface area (TPSA) is 3.24 Å². The Kier molecular flexibility index (Phi) is 5.65. The second-order valence-corrected chi connectivity index (χ2v) is 7.22. The van der Waals surface area contributed by atoms with Gasteiger partial charge in [0.05, 0.1) is 0 Å². The Balaban J connectivity index is 1.57. The molecule has 1 nitrogen and oxygen atoms in total. The van der Waals surface area contributed by atoms with Gasteiger partial charge in [-0.3, -0.25) is 4.90 Å². The Hall–Kier alpha value is -3.16. The van der Waals surface area contributed by atoms with Crippen molar-refractivity contribution in [3.8, 4) is 22.3 Å². The van der Waals surface area contributed by atoms with Crippen molar-refractivity contribution < 1.29 is 0 Å². The van der Waals surface area contributed by atoms with E-state index in [9.17, 15) is 0 Å². The predicted octanol–water partition coefficient (Wildman–Crippen LogP) is 6.65. The molecule has 4 aromatic carbocycles. The molecule has 0 aliphatic rings. The molecule has 0 spiro atoms. The maximum Gasteiger partial charge on any atom is 0.0240 e. The highest BCUT2D eigenvalue weighted by Crippen LogP contribution is 2.27. The fourth-order valence-corrected chi connectivity index (χ4v) is 3.75. The highest BCUT2D eigenvalue weighted by atomic mass is 15.1. The lowest BCUT2D eigenvalue weighted by Crippen LogP contribution is -2.18. The predicted molar refractivity (Wildman–Crippen MR) is 119 cm³/mol. The third kappa shape index (κ3) is 4.21. The van der Waals surface area contributed by atoms with Crippen molar-refractivity contribution in [3.05, 3.63) is 120 Å². The van der Waals surface area contributed by atoms with E-state index < -0.39 is 0 Å². The molecule has 0 radical (unpaired) electrons. The quantitative estimate of drug-likeness (QED) is 0.370. The Morgan fingerprint density at radius 2 is 0.821 bits per heavy atom. The lowest BCUT2D eigenvalue weighted by atomic mass is 9.98. The van der Waals surface area contributed by atoms with Crippen LogP contribution in [0, 0.1) is 0 Å². The van der Waals surface area contributed by atoms with Gasteiger partial charge in [0.1, 0.15) is 0 Å². The lowest BCUT2D eigenvalue weighted by Gasteiger charge is -2.21. The Morgan fingerprint density at radius 3 is 1.25 bits per heavy atom. The molecule has 1 heteroatoms. The summed E-state index contributed by atoms with van der Waals surface area (Å²) >= 11 is 0. The van der Waals surface area contributed by atoms with Crippen LogP contribution in [0.5, 0.6) is 0 Å². The van der Waals surface area contributed by atoms with Gasteiger partial charge in [0.2, 0.25) is 0 Å². The van der Waals surface area contributed by atoms with Crippen molar-refractivity contribution in [2.24, 2.45) is 0 Å². The van der Waals surface area contributed by atoms with Crippen molar-refractivity contribution in [1.82, 2.24) is 4.90 Å². The molecule has 28 heavy (non-hydrogen) atoms. The van der Waals surface area contributed by atoms with E-state index in [0.29, 0.717) is 0 Å². The van der Waals surface area contributed by atoms with E-state index in [-0.39, 0.29) is 0 Å². The third-order valence-corrected chi connectivity index (χ3v) is 5.08. The first-order valence-electron chi connectivity index (χ1n) is 9.76. The van der Waals surface area contributed by atoms with Gasteiger partial charge in [-0.25, -0.2) is 0 Å². The largest absolute Gasteiger partial charge is 0.298 e. The van der Waals surface area contributed by atoms with E-state index >= 15 is 0 Å². The molecule has 0 fully saturated rings. The average Bonchev–Trinajstić information content (AvgIpc) is 2.76. The zero-order valence-electron chi connectivity index (χ0n) is 16.3. The Bertz CT molecular complexity index is 937. The second kappa shape index (κ2) is 8.69. The molecule has 0 aliphatic heterocycles. The summed E-state index contributed by atoms with van der Waals surface area (Å²) in [4.78, 5) is 2.39. The van der Waals surface area contributed by atoms with E-state index in [0.717, 1.165) is 13.1 Å². The van der Waals surface area contributed by atoms with Gasteiger partial charge >= 0.3 is 0 Å². The van der Waals surface area contributed by atoms with Gasteiger partial charge in [-0.05, 0) is 40.4 Å². The van der Waals surface area contributed by atoms with Crippen molar-refractivity contribution in [2.75, 3.05) is 7.05 Å². The van der Waals surface area contributed by atoms with Gasteiger partial charge in [0, 0.05) is 13.1 Å². The minimum absolute atomic E-state index is 0.911. The van der Waals surface area contributed by atoms with Crippen LogP contribution in [-0.2, 0) is 13.1 Å². The van der Waals surface area contributed by atoms with E-state index in [1.54, 1.807) is 0 Å². The van der Waals surface area contributed by atoms with Crippen LogP contribution < -0.4 is 0 Å². The molecule has 0 unspecified atom stereocenters. The molecule has 0 N–H and O–H groups in total. The van der Waals surface area contributed by atoms with E-state index in [4.69, 9.17) is 0 Å². The number of rotatable bonds is 6. The summed E-state index contributed by atoms with van der Waals surface area (Å²) in [6.45, 7) is 1.82. The van der Waals surface area contributed by atoms with Gasteiger partial charge in [-0.15, -0.1) is 0 Å². The fourth-order valence-electron chi connectivity index (χ4n) is 3.75. The van der Waals surface area contributed by atoms with Gasteiger partial charge in [0.15, 0.2) is 0 Å². The van der Waals surface area contributed by atoms with Gasteiger partial charge in [-0.1, -0.05) is 109 Å². The fraction of sp³-hybridized carbons (Fsp3) is 0.111. The molecule has 0 saturated carbocycles. The highest BCUT2D eigenvalue weighted by Gasteiger charge is 2.10. The van der Waals surface area contributed by atoms with Crippen LogP contribution in [0.2, 0.25) is 0 Å². The molecule has 0 heterocycles. The SMILES string of the molecule is CN(Cc1ccccc1-c1ccccc1)Cc1ccccc1-c1ccccc1. The molecule has 0 aliphatic carbocycles. The average molecular weight is 364 g/mol. The number of hydrogen-bond donors (Lipinski definition) is 0. The van der Waals surface area contributed by atoms with Crippen LogP contribution in [0.3, 0.4) is 0 Å². The van der Waals surface area contributed by atoms with E-state index in [1.807, 2.05) is 0 Å². The number of nitrogens with zero attached hydrogens (tertiary/aromatic N) is 1. The van der Waals surface area contributed by atoms with Gasteiger partial charge < -0.3 is 0 Å². The van der Waals surface area contributed by atoms with E-state index in [1.165, 1.54) is 33.4 Å². The summed E-state index contributed by atoms with van der Waals surface area (Å²) in [6, 6.07) is 38.7. The van der Waals surface area contributed by atoms with Crippen molar-refractivity contribution in [2.45, 2.75) is 13.1 Å². The summed E-state index contributed by atoms with van der Waals surface area (Å²) in [5.41, 5.74) is 7.88. The molecular weight excluding hydrogens is 338 g/mol. The molecule has 4 rings (SSSR count). The summed E-state index contributed by atoms with van der Waals surface area (Å²) in [5.74, 6) is 0. The first-order valence-corrected chi connectivity index (χ1v) is 9.76. The first kappa shape index (κ1) is 18.2. The Labute approximate surface area is 167 Å². The van der Waals surface area contributed by atoms with Gasteiger partial charge in [0.25, 0.3) is 0 Å². The van der Waals surface area contributed by atoms with Gasteiger partial charge in [-0.2, -0.15) is 0 Å². The van der Waals surface area contributed by atoms with Crippen molar-refractivity contribution in [1.29, 1.82) is 0 Å². The molecular formula is C27H25N. The summed E-state index contributed by atoms with van der Waals surface area (Å²) < 4.78 is 0. The smallest absolute Gasteiger partial charge is 0.0240 e. The number of hydrogen-bond acceptors (Lipinski definition) is 1. The third-order valence-electron chi connectivity index (χ3n) is 5.08. The summed E-state index contributed by atoms with van der Waals surface area (Å²) in [6.07, 6.45) is 0.